The Morgan fingerprint density at radius 1 is 1.00 bits per heavy atom. The fraction of sp³-hybridized carbons (Fsp3) is 0.538. The first-order chi connectivity index (χ1) is 7.37. The van der Waals surface area contributed by atoms with Crippen LogP contribution >= 0.6 is 34.8 Å². The summed E-state index contributed by atoms with van der Waals surface area (Å²) in [6.45, 7) is 6.38. The molecule has 0 nitrogen and oxygen atoms in total. The summed E-state index contributed by atoms with van der Waals surface area (Å²) in [4.78, 5) is 0. The quantitative estimate of drug-likeness (QED) is 0.681. The summed E-state index contributed by atoms with van der Waals surface area (Å²) in [5, 5.41) is 0. The maximum atomic E-state index is 5.90. The molecular weight excluding hydrogens is 263 g/mol. The third-order valence-electron chi connectivity index (χ3n) is 2.72. The van der Waals surface area contributed by atoms with Crippen molar-refractivity contribution in [2.75, 3.05) is 0 Å². The second-order valence-electron chi connectivity index (χ2n) is 4.06. The van der Waals surface area contributed by atoms with Crippen molar-refractivity contribution < 1.29 is 0 Å². The van der Waals surface area contributed by atoms with Crippen molar-refractivity contribution >= 4 is 34.8 Å². The van der Waals surface area contributed by atoms with Crippen molar-refractivity contribution in [3.05, 3.63) is 34.4 Å². The Bertz CT molecular complexity index is 339. The Kier molecular flexibility index (Phi) is 4.97. The van der Waals surface area contributed by atoms with Gasteiger partial charge < -0.3 is 0 Å². The van der Waals surface area contributed by atoms with Gasteiger partial charge in [0.15, 0.2) is 3.79 Å². The Morgan fingerprint density at radius 3 is 1.75 bits per heavy atom. The van der Waals surface area contributed by atoms with Gasteiger partial charge in [-0.1, -0.05) is 66.3 Å². The van der Waals surface area contributed by atoms with E-state index in [1.54, 1.807) is 0 Å². The molecule has 1 aromatic carbocycles. The van der Waals surface area contributed by atoms with E-state index in [1.807, 2.05) is 0 Å². The summed E-state index contributed by atoms with van der Waals surface area (Å²) in [5.41, 5.74) is 5.07. The van der Waals surface area contributed by atoms with E-state index in [2.05, 4.69) is 32.9 Å². The first-order valence-electron chi connectivity index (χ1n) is 5.55. The van der Waals surface area contributed by atoms with E-state index in [1.165, 1.54) is 22.3 Å². The largest absolute Gasteiger partial charge is 0.194 e. The Labute approximate surface area is 113 Å². The van der Waals surface area contributed by atoms with Gasteiger partial charge in [-0.15, -0.1) is 0 Å². The molecule has 0 aromatic heterocycles. The van der Waals surface area contributed by atoms with Gasteiger partial charge in [0.1, 0.15) is 0 Å². The molecule has 0 saturated carbocycles. The van der Waals surface area contributed by atoms with Gasteiger partial charge >= 0.3 is 0 Å². The van der Waals surface area contributed by atoms with Crippen LogP contribution in [0.4, 0.5) is 0 Å². The van der Waals surface area contributed by atoms with Crippen molar-refractivity contribution in [1.29, 1.82) is 0 Å². The van der Waals surface area contributed by atoms with Gasteiger partial charge in [-0.25, -0.2) is 0 Å². The monoisotopic (exact) mass is 278 g/mol. The van der Waals surface area contributed by atoms with E-state index in [0.29, 0.717) is 6.42 Å². The fourth-order valence-corrected chi connectivity index (χ4v) is 2.43. The van der Waals surface area contributed by atoms with E-state index in [0.717, 1.165) is 12.8 Å². The summed E-state index contributed by atoms with van der Waals surface area (Å²) in [7, 11) is 0. The zero-order valence-corrected chi connectivity index (χ0v) is 12.2. The summed E-state index contributed by atoms with van der Waals surface area (Å²) < 4.78 is -1.21. The molecule has 0 spiro atoms. The van der Waals surface area contributed by atoms with Crippen LogP contribution in [0.5, 0.6) is 0 Å². The first kappa shape index (κ1) is 14.2. The molecule has 0 aliphatic carbocycles. The Balaban J connectivity index is 3.22. The third kappa shape index (κ3) is 3.84. The lowest BCUT2D eigenvalue weighted by Gasteiger charge is -2.18. The highest BCUT2D eigenvalue weighted by molar-refractivity contribution is 6.67. The lowest BCUT2D eigenvalue weighted by molar-refractivity contribution is 0.929. The van der Waals surface area contributed by atoms with E-state index in [-0.39, 0.29) is 0 Å². The average Bonchev–Trinajstić information content (AvgIpc) is 2.18. The van der Waals surface area contributed by atoms with E-state index >= 15 is 0 Å². The number of alkyl halides is 3. The molecule has 3 heteroatoms. The minimum atomic E-state index is -1.21. The predicted octanol–water partition coefficient (Wildman–Crippen LogP) is 5.03. The number of aryl methyl sites for hydroxylation is 3. The molecule has 0 bridgehead atoms. The standard InChI is InChI=1S/C13H17Cl3/c1-4-10-6-9(3)7-11(5-2)12(10)8-13(14,15)16/h6-7H,4-5,8H2,1-3H3. The predicted molar refractivity (Wildman–Crippen MR) is 73.9 cm³/mol. The van der Waals surface area contributed by atoms with Crippen LogP contribution in [0.15, 0.2) is 12.1 Å². The molecule has 90 valence electrons. The van der Waals surface area contributed by atoms with Crippen molar-refractivity contribution in [2.45, 2.75) is 43.8 Å². The third-order valence-corrected chi connectivity index (χ3v) is 3.12. The molecule has 0 saturated heterocycles. The van der Waals surface area contributed by atoms with Crippen LogP contribution < -0.4 is 0 Å². The lowest BCUT2D eigenvalue weighted by Crippen LogP contribution is -2.11. The second-order valence-corrected chi connectivity index (χ2v) is 6.58. The molecule has 1 rings (SSSR count). The molecular formula is C13H17Cl3. The van der Waals surface area contributed by atoms with Crippen LogP contribution in [0.3, 0.4) is 0 Å². The zero-order valence-electron chi connectivity index (χ0n) is 9.91. The average molecular weight is 280 g/mol. The molecule has 0 radical (unpaired) electrons. The molecule has 0 fully saturated rings. The minimum Gasteiger partial charge on any atom is -0.0833 e. The normalized spacial score (nSPS) is 11.9. The molecule has 1 aromatic rings. The van der Waals surface area contributed by atoms with Gasteiger partial charge in [0, 0.05) is 6.42 Å². The van der Waals surface area contributed by atoms with Gasteiger partial charge in [-0.05, 0) is 36.5 Å². The molecule has 0 heterocycles. The van der Waals surface area contributed by atoms with Crippen LogP contribution in [-0.4, -0.2) is 3.79 Å². The zero-order chi connectivity index (χ0) is 12.3. The highest BCUT2D eigenvalue weighted by atomic mass is 35.6. The van der Waals surface area contributed by atoms with Crippen LogP contribution in [0.2, 0.25) is 0 Å². The van der Waals surface area contributed by atoms with Gasteiger partial charge in [0.05, 0.1) is 0 Å². The number of hydrogen-bond acceptors (Lipinski definition) is 0. The molecule has 0 aliphatic rings. The number of rotatable bonds is 3. The van der Waals surface area contributed by atoms with Crippen molar-refractivity contribution in [3.63, 3.8) is 0 Å². The summed E-state index contributed by atoms with van der Waals surface area (Å²) in [5.74, 6) is 0. The molecule has 0 aliphatic heterocycles. The van der Waals surface area contributed by atoms with Crippen molar-refractivity contribution in [1.82, 2.24) is 0 Å². The van der Waals surface area contributed by atoms with Crippen LogP contribution in [0.25, 0.3) is 0 Å². The van der Waals surface area contributed by atoms with Gasteiger partial charge in [0.25, 0.3) is 0 Å². The SMILES string of the molecule is CCc1cc(C)cc(CC)c1CC(Cl)(Cl)Cl. The highest BCUT2D eigenvalue weighted by Crippen LogP contribution is 2.33. The summed E-state index contributed by atoms with van der Waals surface area (Å²) in [6.07, 6.45) is 2.44. The first-order valence-corrected chi connectivity index (χ1v) is 6.68. The minimum absolute atomic E-state index is 0.490. The maximum absolute atomic E-state index is 5.90. The lowest BCUT2D eigenvalue weighted by atomic mass is 9.93. The Hall–Kier alpha value is 0.0900. The topological polar surface area (TPSA) is 0 Å². The van der Waals surface area contributed by atoms with E-state index in [4.69, 9.17) is 34.8 Å². The molecule has 0 unspecified atom stereocenters. The van der Waals surface area contributed by atoms with Crippen molar-refractivity contribution in [3.8, 4) is 0 Å². The molecule has 0 amide bonds. The fourth-order valence-electron chi connectivity index (χ4n) is 2.03. The van der Waals surface area contributed by atoms with Crippen LogP contribution in [-0.2, 0) is 19.3 Å². The van der Waals surface area contributed by atoms with E-state index < -0.39 is 3.79 Å². The molecule has 0 atom stereocenters. The van der Waals surface area contributed by atoms with Gasteiger partial charge in [-0.3, -0.25) is 0 Å². The number of halogens is 3. The van der Waals surface area contributed by atoms with Gasteiger partial charge in [0.2, 0.25) is 0 Å². The smallest absolute Gasteiger partial charge is 0.0833 e. The van der Waals surface area contributed by atoms with E-state index in [9.17, 15) is 0 Å². The maximum Gasteiger partial charge on any atom is 0.194 e. The summed E-state index contributed by atoms with van der Waals surface area (Å²) in [6, 6.07) is 4.37. The second kappa shape index (κ2) is 5.62. The molecule has 16 heavy (non-hydrogen) atoms. The molecule has 0 N–H and O–H groups in total. The van der Waals surface area contributed by atoms with Crippen LogP contribution in [0, 0.1) is 6.92 Å². The van der Waals surface area contributed by atoms with Gasteiger partial charge in [-0.2, -0.15) is 0 Å². The van der Waals surface area contributed by atoms with Crippen molar-refractivity contribution in [2.24, 2.45) is 0 Å². The number of benzene rings is 1. The number of hydrogen-bond donors (Lipinski definition) is 0. The Morgan fingerprint density at radius 2 is 1.44 bits per heavy atom. The van der Waals surface area contributed by atoms with Crippen LogP contribution in [0.1, 0.15) is 36.1 Å². The summed E-state index contributed by atoms with van der Waals surface area (Å²) >= 11 is 17.7. The highest BCUT2D eigenvalue weighted by Gasteiger charge is 2.23.